The van der Waals surface area contributed by atoms with Gasteiger partial charge >= 0.3 is 0 Å². The maximum Gasteiger partial charge on any atom is 0.270 e. The first-order valence-corrected chi connectivity index (χ1v) is 11.0. The molecule has 0 radical (unpaired) electrons. The molecule has 0 N–H and O–H groups in total. The zero-order valence-corrected chi connectivity index (χ0v) is 17.1. The van der Waals surface area contributed by atoms with Gasteiger partial charge in [-0.3, -0.25) is 4.79 Å². The lowest BCUT2D eigenvalue weighted by Crippen LogP contribution is -2.39. The van der Waals surface area contributed by atoms with Crippen LogP contribution >= 0.6 is 0 Å². The topological polar surface area (TPSA) is 54.5 Å². The molecule has 1 aliphatic heterocycles. The van der Waals surface area contributed by atoms with E-state index in [9.17, 15) is 17.6 Å². The molecule has 0 unspecified atom stereocenters. The first-order valence-electron chi connectivity index (χ1n) is 9.54. The number of amides is 1. The fourth-order valence-corrected chi connectivity index (χ4v) is 5.06. The number of sulfonamides is 1. The first-order chi connectivity index (χ1) is 14.4. The Morgan fingerprint density at radius 1 is 0.900 bits per heavy atom. The second kappa shape index (κ2) is 7.88. The Balaban J connectivity index is 1.87. The van der Waals surface area contributed by atoms with Gasteiger partial charge in [0.1, 0.15) is 5.82 Å². The molecule has 6 heteroatoms. The predicted octanol–water partition coefficient (Wildman–Crippen LogP) is 4.88. The minimum absolute atomic E-state index is 0.0348. The quantitative estimate of drug-likeness (QED) is 0.603. The lowest BCUT2D eigenvalue weighted by molar-refractivity contribution is -0.124. The number of hydrogen-bond acceptors (Lipinski definition) is 3. The molecule has 3 aromatic rings. The second-order valence-corrected chi connectivity index (χ2v) is 9.01. The smallest absolute Gasteiger partial charge is 0.270 e. The van der Waals surface area contributed by atoms with Gasteiger partial charge in [-0.25, -0.2) is 17.1 Å². The number of halogens is 1. The highest BCUT2D eigenvalue weighted by Gasteiger charge is 2.38. The molecule has 3 aromatic carbocycles. The summed E-state index contributed by atoms with van der Waals surface area (Å²) in [6.45, 7) is 1.86. The molecule has 30 heavy (non-hydrogen) atoms. The number of hydrogen-bond donors (Lipinski definition) is 0. The van der Waals surface area contributed by atoms with Crippen LogP contribution in [0.25, 0.3) is 5.70 Å². The second-order valence-electron chi connectivity index (χ2n) is 7.23. The minimum Gasteiger partial charge on any atom is -0.273 e. The molecule has 4 rings (SSSR count). The van der Waals surface area contributed by atoms with Crippen molar-refractivity contribution in [2.24, 2.45) is 0 Å². The molecular weight excluding hydrogens is 401 g/mol. The predicted molar refractivity (Wildman–Crippen MR) is 113 cm³/mol. The van der Waals surface area contributed by atoms with Gasteiger partial charge in [-0.2, -0.15) is 0 Å². The van der Waals surface area contributed by atoms with Gasteiger partial charge in [0.25, 0.3) is 10.0 Å². The van der Waals surface area contributed by atoms with Crippen LogP contribution < -0.4 is 0 Å². The van der Waals surface area contributed by atoms with Crippen molar-refractivity contribution in [2.75, 3.05) is 0 Å². The minimum atomic E-state index is -4.12. The van der Waals surface area contributed by atoms with E-state index >= 15 is 0 Å². The highest BCUT2D eigenvalue weighted by molar-refractivity contribution is 7.90. The number of benzene rings is 3. The molecule has 0 spiro atoms. The van der Waals surface area contributed by atoms with Gasteiger partial charge in [0.05, 0.1) is 10.6 Å². The number of aryl methyl sites for hydroxylation is 1. The van der Waals surface area contributed by atoms with Crippen LogP contribution in [0.2, 0.25) is 0 Å². The Kier molecular flexibility index (Phi) is 5.26. The number of nitrogens with zero attached hydrogens (tertiary/aromatic N) is 1. The molecule has 0 bridgehead atoms. The molecule has 1 atom stereocenters. The van der Waals surface area contributed by atoms with Crippen LogP contribution in [0, 0.1) is 12.7 Å². The molecule has 1 aliphatic rings. The van der Waals surface area contributed by atoms with Gasteiger partial charge in [-0.05, 0) is 36.2 Å². The van der Waals surface area contributed by atoms with Crippen molar-refractivity contribution in [1.29, 1.82) is 0 Å². The van der Waals surface area contributed by atoms with E-state index in [0.717, 1.165) is 9.87 Å². The molecule has 1 heterocycles. The van der Waals surface area contributed by atoms with Crippen LogP contribution in [-0.2, 0) is 14.8 Å². The van der Waals surface area contributed by atoms with E-state index in [1.165, 1.54) is 18.2 Å². The van der Waals surface area contributed by atoms with Gasteiger partial charge in [-0.15, -0.1) is 0 Å². The van der Waals surface area contributed by atoms with E-state index in [4.69, 9.17) is 0 Å². The summed E-state index contributed by atoms with van der Waals surface area (Å²) in [5, 5.41) is 0. The average molecular weight is 421 g/mol. The summed E-state index contributed by atoms with van der Waals surface area (Å²) in [7, 11) is -4.12. The normalized spacial score (nSPS) is 17.0. The summed E-state index contributed by atoms with van der Waals surface area (Å²) < 4.78 is 42.0. The van der Waals surface area contributed by atoms with Crippen LogP contribution in [0.4, 0.5) is 4.39 Å². The number of allylic oxidation sites excluding steroid dienone is 1. The molecule has 152 valence electrons. The van der Waals surface area contributed by atoms with E-state index in [2.05, 4.69) is 0 Å². The lowest BCUT2D eigenvalue weighted by atomic mass is 9.90. The van der Waals surface area contributed by atoms with E-state index in [0.29, 0.717) is 11.1 Å². The molecular formula is C24H20FNO3S. The van der Waals surface area contributed by atoms with Crippen LogP contribution in [0.15, 0.2) is 89.8 Å². The van der Waals surface area contributed by atoms with Gasteiger partial charge < -0.3 is 0 Å². The summed E-state index contributed by atoms with van der Waals surface area (Å²) in [6.07, 6.45) is 1.53. The molecule has 0 aliphatic carbocycles. The molecule has 4 nitrogen and oxygen atoms in total. The average Bonchev–Trinajstić information content (AvgIpc) is 2.74. The molecule has 1 amide bonds. The fourth-order valence-electron chi connectivity index (χ4n) is 3.60. The van der Waals surface area contributed by atoms with Crippen molar-refractivity contribution >= 4 is 21.6 Å². The van der Waals surface area contributed by atoms with E-state index in [1.807, 2.05) is 13.0 Å². The number of carbonyl (C=O) groups is 1. The van der Waals surface area contributed by atoms with E-state index in [-0.39, 0.29) is 17.0 Å². The molecule has 0 saturated heterocycles. The highest BCUT2D eigenvalue weighted by atomic mass is 32.2. The third-order valence-corrected chi connectivity index (χ3v) is 6.88. The largest absolute Gasteiger partial charge is 0.273 e. The summed E-state index contributed by atoms with van der Waals surface area (Å²) in [5.74, 6) is -1.57. The highest BCUT2D eigenvalue weighted by Crippen LogP contribution is 2.38. The summed E-state index contributed by atoms with van der Waals surface area (Å²) in [5.41, 5.74) is 2.09. The zero-order chi connectivity index (χ0) is 21.3. The van der Waals surface area contributed by atoms with Crippen LogP contribution in [-0.4, -0.2) is 18.6 Å². The van der Waals surface area contributed by atoms with Crippen molar-refractivity contribution in [2.45, 2.75) is 24.2 Å². The fraction of sp³-hybridized carbons (Fsp3) is 0.125. The summed E-state index contributed by atoms with van der Waals surface area (Å²) >= 11 is 0. The van der Waals surface area contributed by atoms with Crippen LogP contribution in [0.1, 0.15) is 29.0 Å². The van der Waals surface area contributed by atoms with Crippen molar-refractivity contribution in [3.63, 3.8) is 0 Å². The SMILES string of the molecule is Cc1ccc(S(=O)(=O)N2C(=O)C[C@H](c3ccccc3F)C=C2c2ccccc2)cc1. The van der Waals surface area contributed by atoms with E-state index in [1.54, 1.807) is 60.7 Å². The van der Waals surface area contributed by atoms with Gasteiger partial charge in [0.15, 0.2) is 0 Å². The Labute approximate surface area is 175 Å². The monoisotopic (exact) mass is 421 g/mol. The zero-order valence-electron chi connectivity index (χ0n) is 16.3. The number of rotatable bonds is 4. The van der Waals surface area contributed by atoms with Crippen molar-refractivity contribution < 1.29 is 17.6 Å². The standard InChI is InChI=1S/C24H20FNO3S/c1-17-11-13-20(14-12-17)30(28,29)26-23(18-7-3-2-4-8-18)15-19(16-24(26)27)21-9-5-6-10-22(21)25/h2-15,19H,16H2,1H3/t19-/m1/s1. The van der Waals surface area contributed by atoms with Crippen molar-refractivity contribution in [1.82, 2.24) is 4.31 Å². The van der Waals surface area contributed by atoms with Gasteiger partial charge in [0.2, 0.25) is 5.91 Å². The molecule has 0 saturated carbocycles. The first kappa shape index (κ1) is 20.0. The molecule has 0 fully saturated rings. The number of carbonyl (C=O) groups excluding carboxylic acids is 1. The Morgan fingerprint density at radius 2 is 1.53 bits per heavy atom. The van der Waals surface area contributed by atoms with Crippen LogP contribution in [0.3, 0.4) is 0 Å². The maximum absolute atomic E-state index is 14.4. The van der Waals surface area contributed by atoms with Crippen LogP contribution in [0.5, 0.6) is 0 Å². The maximum atomic E-state index is 14.4. The summed E-state index contributed by atoms with van der Waals surface area (Å²) in [6, 6.07) is 21.4. The third kappa shape index (κ3) is 3.66. The molecule has 0 aromatic heterocycles. The van der Waals surface area contributed by atoms with E-state index < -0.39 is 27.7 Å². The van der Waals surface area contributed by atoms with Crippen molar-refractivity contribution in [3.05, 3.63) is 107 Å². The Morgan fingerprint density at radius 3 is 2.20 bits per heavy atom. The Hall–Kier alpha value is -3.25. The lowest BCUT2D eigenvalue weighted by Gasteiger charge is -2.32. The summed E-state index contributed by atoms with van der Waals surface area (Å²) in [4.78, 5) is 13.2. The van der Waals surface area contributed by atoms with Crippen molar-refractivity contribution in [3.8, 4) is 0 Å². The third-order valence-electron chi connectivity index (χ3n) is 5.13. The Bertz CT molecular complexity index is 1220. The van der Waals surface area contributed by atoms with Gasteiger partial charge in [0, 0.05) is 12.3 Å². The van der Waals surface area contributed by atoms with Gasteiger partial charge in [-0.1, -0.05) is 72.3 Å².